The maximum Gasteiger partial charge on any atom is 0.141 e. The predicted molar refractivity (Wildman–Crippen MR) is 411 cm³/mol. The number of hydrogen-bond donors (Lipinski definition) is 4. The number of allylic oxidation sites excluding steroid dienone is 1. The van der Waals surface area contributed by atoms with E-state index in [9.17, 15) is 0 Å². The van der Waals surface area contributed by atoms with Gasteiger partial charge in [-0.3, -0.25) is 9.98 Å². The Bertz CT molecular complexity index is 5440. The van der Waals surface area contributed by atoms with Crippen molar-refractivity contribution in [3.8, 4) is 77.9 Å². The third kappa shape index (κ3) is 12.4. The quantitative estimate of drug-likeness (QED) is 0.0890. The molecule has 5 aliphatic rings. The summed E-state index contributed by atoms with van der Waals surface area (Å²) < 4.78 is 21.6. The second kappa shape index (κ2) is 26.1. The molecule has 104 heavy (non-hydrogen) atoms. The molecule has 20 rings (SSSR count). The van der Waals surface area contributed by atoms with Crippen molar-refractivity contribution in [2.24, 2.45) is 4.99 Å². The normalized spacial score (nSPS) is 15.1. The van der Waals surface area contributed by atoms with Gasteiger partial charge in [0.25, 0.3) is 0 Å². The molecule has 522 valence electrons. The van der Waals surface area contributed by atoms with Gasteiger partial charge in [-0.25, -0.2) is 19.9 Å². The molecule has 4 aliphatic carbocycles. The molecule has 6 aromatic carbocycles. The van der Waals surface area contributed by atoms with Gasteiger partial charge >= 0.3 is 0 Å². The predicted octanol–water partition coefficient (Wildman–Crippen LogP) is 21.4. The van der Waals surface area contributed by atoms with E-state index in [1.54, 1.807) is 0 Å². The highest BCUT2D eigenvalue weighted by molar-refractivity contribution is 6.27. The van der Waals surface area contributed by atoms with Gasteiger partial charge in [-0.15, -0.1) is 0 Å². The van der Waals surface area contributed by atoms with Crippen molar-refractivity contribution in [1.29, 1.82) is 0 Å². The fourth-order valence-electron chi connectivity index (χ4n) is 15.3. The highest BCUT2D eigenvalue weighted by atomic mass is 16.5. The van der Waals surface area contributed by atoms with Gasteiger partial charge < -0.3 is 38.0 Å². The number of fused-ring (bicyclic) bond motifs is 4. The van der Waals surface area contributed by atoms with E-state index in [0.29, 0.717) is 23.7 Å². The number of hydrogen-bond acceptors (Lipinski definition) is 14. The van der Waals surface area contributed by atoms with Crippen molar-refractivity contribution in [2.45, 2.75) is 165 Å². The number of benzene rings is 6. The van der Waals surface area contributed by atoms with E-state index >= 15 is 0 Å². The molecule has 18 heteroatoms. The Morgan fingerprint density at radius 2 is 0.644 bits per heavy atom. The van der Waals surface area contributed by atoms with Crippen LogP contribution in [-0.2, 0) is 0 Å². The number of pyridine rings is 1. The number of nitrogens with zero attached hydrogens (tertiary/aromatic N) is 10. The summed E-state index contributed by atoms with van der Waals surface area (Å²) in [6, 6.07) is 36.6. The minimum Gasteiger partial charge on any atom is -0.361 e. The van der Waals surface area contributed by atoms with Crippen LogP contribution in [0.15, 0.2) is 144 Å². The SMILES string of the molecule is CC1=NCC(C)=C1c1cc(-c2c(C)noc2C)cc2[nH]c(C3CC3)nc12.Cc1ccccc1-c1cc(-c2c(C)noc2C)cc2[nH]c(C3CC3)nc12.Cc1ccccc1-c1cc(-c2c(C)noc2C)cc2[nH]c(C3CC3)nc12.Cc1ccncc1-c1cc(-c2c(C)noc2C)cc2[nH]c(C3CC3)nc12. The van der Waals surface area contributed by atoms with Gasteiger partial charge in [0.1, 0.15) is 46.3 Å². The maximum atomic E-state index is 5.41. The molecule has 4 saturated carbocycles. The molecule has 10 heterocycles. The van der Waals surface area contributed by atoms with Gasteiger partial charge in [0, 0.05) is 97.4 Å². The van der Waals surface area contributed by atoms with Crippen molar-refractivity contribution in [3.05, 3.63) is 212 Å². The number of H-pyrrole nitrogens is 4. The second-order valence-electron chi connectivity index (χ2n) is 29.4. The Balaban J connectivity index is 0.000000103. The monoisotopic (exact) mass is 1380 g/mol. The van der Waals surface area contributed by atoms with Gasteiger partial charge in [0.05, 0.1) is 73.5 Å². The van der Waals surface area contributed by atoms with Crippen LogP contribution in [-0.4, -0.2) is 77.7 Å². The number of aromatic amines is 4. The Kier molecular flexibility index (Phi) is 16.6. The lowest BCUT2D eigenvalue weighted by atomic mass is 9.93. The molecule has 0 bridgehead atoms. The highest BCUT2D eigenvalue weighted by Gasteiger charge is 2.33. The summed E-state index contributed by atoms with van der Waals surface area (Å²) in [6.45, 7) is 27.3. The summed E-state index contributed by atoms with van der Waals surface area (Å²) in [5, 5.41) is 16.5. The van der Waals surface area contributed by atoms with Crippen LogP contribution < -0.4 is 0 Å². The van der Waals surface area contributed by atoms with Crippen molar-refractivity contribution in [1.82, 2.24) is 65.5 Å². The van der Waals surface area contributed by atoms with Gasteiger partial charge in [-0.1, -0.05) is 69.2 Å². The lowest BCUT2D eigenvalue weighted by molar-refractivity contribution is 0.393. The van der Waals surface area contributed by atoms with E-state index < -0.39 is 0 Å². The van der Waals surface area contributed by atoms with Crippen LogP contribution in [0.5, 0.6) is 0 Å². The molecule has 18 nitrogen and oxygen atoms in total. The Hall–Kier alpha value is -11.4. The molecule has 4 fully saturated rings. The summed E-state index contributed by atoms with van der Waals surface area (Å²) >= 11 is 0. The Morgan fingerprint density at radius 1 is 0.337 bits per heavy atom. The van der Waals surface area contributed by atoms with Crippen molar-refractivity contribution < 1.29 is 18.1 Å². The van der Waals surface area contributed by atoms with Crippen molar-refractivity contribution >= 4 is 55.4 Å². The number of rotatable bonds is 12. The summed E-state index contributed by atoms with van der Waals surface area (Å²) in [7, 11) is 0. The van der Waals surface area contributed by atoms with Crippen molar-refractivity contribution in [2.75, 3.05) is 6.54 Å². The summed E-state index contributed by atoms with van der Waals surface area (Å²) in [5.74, 6) is 10.2. The number of aryl methyl sites for hydroxylation is 11. The minimum absolute atomic E-state index is 0.577. The van der Waals surface area contributed by atoms with E-state index in [1.807, 2.05) is 73.8 Å². The van der Waals surface area contributed by atoms with Crippen LogP contribution in [0.25, 0.3) is 128 Å². The zero-order valence-corrected chi connectivity index (χ0v) is 61.2. The first-order valence-electron chi connectivity index (χ1n) is 36.5. The molecule has 4 N–H and O–H groups in total. The van der Waals surface area contributed by atoms with E-state index in [-0.39, 0.29) is 0 Å². The fraction of sp³-hybridized carbons (Fsp3) is 0.302. The molecule has 0 saturated heterocycles. The van der Waals surface area contributed by atoms with Gasteiger partial charge in [0.2, 0.25) is 0 Å². The second-order valence-corrected chi connectivity index (χ2v) is 29.4. The lowest BCUT2D eigenvalue weighted by Gasteiger charge is -2.10. The molecule has 1 aliphatic heterocycles. The average molecular weight is 1380 g/mol. The van der Waals surface area contributed by atoms with Crippen LogP contribution in [0.3, 0.4) is 0 Å². The van der Waals surface area contributed by atoms with Gasteiger partial charge in [-0.05, 0) is 252 Å². The fourth-order valence-corrected chi connectivity index (χ4v) is 15.3. The molecule has 0 spiro atoms. The largest absolute Gasteiger partial charge is 0.361 e. The molecular formula is C86H84N14O4. The average Bonchev–Trinajstić information content (AvgIpc) is 1.61. The van der Waals surface area contributed by atoms with Crippen LogP contribution in [0.4, 0.5) is 0 Å². The first-order valence-corrected chi connectivity index (χ1v) is 36.5. The zero-order chi connectivity index (χ0) is 71.5. The minimum atomic E-state index is 0.577. The Labute approximate surface area is 602 Å². The van der Waals surface area contributed by atoms with Crippen LogP contribution >= 0.6 is 0 Å². The summed E-state index contributed by atoms with van der Waals surface area (Å²) in [6.07, 6.45) is 13.6. The van der Waals surface area contributed by atoms with Crippen LogP contribution in [0.2, 0.25) is 0 Å². The first-order chi connectivity index (χ1) is 50.4. The smallest absolute Gasteiger partial charge is 0.141 e. The van der Waals surface area contributed by atoms with Crippen molar-refractivity contribution in [3.63, 3.8) is 0 Å². The molecule has 15 aromatic rings. The number of imidazole rings is 4. The topological polar surface area (TPSA) is 244 Å². The summed E-state index contributed by atoms with van der Waals surface area (Å²) in [5.41, 5.74) is 36.3. The lowest BCUT2D eigenvalue weighted by Crippen LogP contribution is -1.97. The van der Waals surface area contributed by atoms with E-state index in [4.69, 9.17) is 38.0 Å². The first kappa shape index (κ1) is 65.9. The molecule has 0 radical (unpaired) electrons. The molecule has 0 atom stereocenters. The number of aromatic nitrogens is 13. The van der Waals surface area contributed by atoms with Gasteiger partial charge in [0.15, 0.2) is 0 Å². The number of aliphatic imine (C=N–C) groups is 1. The van der Waals surface area contributed by atoms with Crippen LogP contribution in [0.1, 0.15) is 180 Å². The zero-order valence-electron chi connectivity index (χ0n) is 61.2. The summed E-state index contributed by atoms with van der Waals surface area (Å²) in [4.78, 5) is 43.1. The third-order valence-electron chi connectivity index (χ3n) is 21.4. The molecule has 0 unspecified atom stereocenters. The van der Waals surface area contributed by atoms with E-state index in [1.165, 1.54) is 101 Å². The van der Waals surface area contributed by atoms with Gasteiger partial charge in [-0.2, -0.15) is 0 Å². The third-order valence-corrected chi connectivity index (χ3v) is 21.4. The standard InChI is InChI=1S/2C22H21N3O.C21H22N4O.C21H20N4O/c2*1-12-6-4-5-7-17(12)18-10-16(20-13(2)25-26-14(20)3)11-19-21(18)24-22(23-19)15-8-9-15;1-10-9-22-11(2)18(10)16-7-15(19-12(3)25-26-13(19)4)8-17-20(16)24-21(23-17)14-5-6-14;1-11-6-7-22-10-17(11)16-8-15(19-12(2)25-26-13(19)3)9-18-20(16)24-21(23-18)14-4-5-14/h2*4-7,10-11,15H,8-9H2,1-3H3,(H,23,24);7-8,14H,5-6,9H2,1-4H3,(H,23,24);6-10,14H,4-5H2,1-3H3,(H,23,24). The molecule has 0 amide bonds. The van der Waals surface area contributed by atoms with Crippen LogP contribution in [0, 0.1) is 76.2 Å². The molecule has 9 aromatic heterocycles. The maximum absolute atomic E-state index is 5.41. The number of nitrogens with one attached hydrogen (secondary N) is 4. The Morgan fingerprint density at radius 3 is 0.933 bits per heavy atom. The van der Waals surface area contributed by atoms with E-state index in [2.05, 4.69) is 182 Å². The molecular weight excluding hydrogens is 1290 g/mol. The highest BCUT2D eigenvalue weighted by Crippen LogP contribution is 2.47. The van der Waals surface area contributed by atoms with E-state index in [0.717, 1.165) is 187 Å².